The first-order valence-corrected chi connectivity index (χ1v) is 5.28. The standard InChI is InChI=1S/C12H15F3O/c1-3-6-9(2)10-7-4-5-8-11(10)16-12(13,14)15/h4-5,7-9H,3,6H2,1-2H3. The van der Waals surface area contributed by atoms with Crippen LogP contribution in [0.25, 0.3) is 0 Å². The molecule has 16 heavy (non-hydrogen) atoms. The van der Waals surface area contributed by atoms with Gasteiger partial charge in [-0.3, -0.25) is 0 Å². The predicted octanol–water partition coefficient (Wildman–Crippen LogP) is 4.49. The molecule has 0 amide bonds. The van der Waals surface area contributed by atoms with Crippen molar-refractivity contribution in [3.8, 4) is 5.75 Å². The van der Waals surface area contributed by atoms with Crippen LogP contribution in [0.2, 0.25) is 0 Å². The fraction of sp³-hybridized carbons (Fsp3) is 0.500. The van der Waals surface area contributed by atoms with E-state index in [-0.39, 0.29) is 11.7 Å². The van der Waals surface area contributed by atoms with Crippen molar-refractivity contribution >= 4 is 0 Å². The molecule has 0 saturated carbocycles. The highest BCUT2D eigenvalue weighted by Gasteiger charge is 2.32. The Balaban J connectivity index is 2.91. The molecule has 1 nitrogen and oxygen atoms in total. The van der Waals surface area contributed by atoms with Gasteiger partial charge >= 0.3 is 6.36 Å². The summed E-state index contributed by atoms with van der Waals surface area (Å²) in [6.45, 7) is 3.91. The first kappa shape index (κ1) is 12.9. The second-order valence-corrected chi connectivity index (χ2v) is 3.78. The van der Waals surface area contributed by atoms with Crippen molar-refractivity contribution in [1.29, 1.82) is 0 Å². The van der Waals surface area contributed by atoms with Gasteiger partial charge in [-0.15, -0.1) is 13.2 Å². The number of hydrogen-bond acceptors (Lipinski definition) is 1. The lowest BCUT2D eigenvalue weighted by Gasteiger charge is -2.17. The van der Waals surface area contributed by atoms with E-state index in [9.17, 15) is 13.2 Å². The van der Waals surface area contributed by atoms with Gasteiger partial charge < -0.3 is 4.74 Å². The van der Waals surface area contributed by atoms with Gasteiger partial charge in [0.1, 0.15) is 5.75 Å². The summed E-state index contributed by atoms with van der Waals surface area (Å²) in [4.78, 5) is 0. The Hall–Kier alpha value is -1.19. The van der Waals surface area contributed by atoms with Crippen LogP contribution in [-0.2, 0) is 0 Å². The molecule has 1 unspecified atom stereocenters. The minimum atomic E-state index is -4.62. The Morgan fingerprint density at radius 2 is 1.88 bits per heavy atom. The van der Waals surface area contributed by atoms with Crippen LogP contribution in [0.4, 0.5) is 13.2 Å². The molecule has 0 saturated heterocycles. The van der Waals surface area contributed by atoms with E-state index < -0.39 is 6.36 Å². The van der Waals surface area contributed by atoms with Crippen LogP contribution < -0.4 is 4.74 Å². The molecule has 0 aromatic heterocycles. The molecule has 0 radical (unpaired) electrons. The van der Waals surface area contributed by atoms with Gasteiger partial charge in [0, 0.05) is 0 Å². The lowest BCUT2D eigenvalue weighted by atomic mass is 9.96. The van der Waals surface area contributed by atoms with E-state index in [1.165, 1.54) is 6.07 Å². The van der Waals surface area contributed by atoms with Crippen molar-refractivity contribution in [2.24, 2.45) is 0 Å². The molecule has 0 bridgehead atoms. The summed E-state index contributed by atoms with van der Waals surface area (Å²) in [5.74, 6) is -0.0144. The van der Waals surface area contributed by atoms with E-state index in [4.69, 9.17) is 0 Å². The van der Waals surface area contributed by atoms with Crippen LogP contribution in [0.3, 0.4) is 0 Å². The van der Waals surface area contributed by atoms with E-state index in [1.54, 1.807) is 18.2 Å². The molecule has 1 aromatic rings. The maximum atomic E-state index is 12.1. The lowest BCUT2D eigenvalue weighted by molar-refractivity contribution is -0.275. The largest absolute Gasteiger partial charge is 0.573 e. The third kappa shape index (κ3) is 3.76. The topological polar surface area (TPSA) is 9.23 Å². The molecule has 0 aliphatic heterocycles. The van der Waals surface area contributed by atoms with Crippen LogP contribution in [0.15, 0.2) is 24.3 Å². The van der Waals surface area contributed by atoms with Crippen LogP contribution in [0.1, 0.15) is 38.2 Å². The molecule has 0 spiro atoms. The van der Waals surface area contributed by atoms with Gasteiger partial charge in [0.15, 0.2) is 0 Å². The summed E-state index contributed by atoms with van der Waals surface area (Å²) < 4.78 is 40.4. The van der Waals surface area contributed by atoms with Crippen LogP contribution in [-0.4, -0.2) is 6.36 Å². The fourth-order valence-electron chi connectivity index (χ4n) is 1.69. The molecule has 1 rings (SSSR count). The van der Waals surface area contributed by atoms with Crippen molar-refractivity contribution in [2.75, 3.05) is 0 Å². The molecule has 4 heteroatoms. The Morgan fingerprint density at radius 1 is 1.25 bits per heavy atom. The number of ether oxygens (including phenoxy) is 1. The monoisotopic (exact) mass is 232 g/mol. The summed E-state index contributed by atoms with van der Waals surface area (Å²) in [5, 5.41) is 0. The third-order valence-electron chi connectivity index (χ3n) is 2.40. The fourth-order valence-corrected chi connectivity index (χ4v) is 1.69. The average molecular weight is 232 g/mol. The minimum absolute atomic E-state index is 0.0727. The predicted molar refractivity (Wildman–Crippen MR) is 56.4 cm³/mol. The molecular weight excluding hydrogens is 217 g/mol. The number of alkyl halides is 3. The normalized spacial score (nSPS) is 13.6. The summed E-state index contributed by atoms with van der Waals surface area (Å²) in [6, 6.07) is 6.31. The van der Waals surface area contributed by atoms with Crippen molar-refractivity contribution in [1.82, 2.24) is 0 Å². The van der Waals surface area contributed by atoms with Gasteiger partial charge in [-0.25, -0.2) is 0 Å². The second-order valence-electron chi connectivity index (χ2n) is 3.78. The van der Waals surface area contributed by atoms with E-state index >= 15 is 0 Å². The lowest BCUT2D eigenvalue weighted by Crippen LogP contribution is -2.18. The SMILES string of the molecule is CCCC(C)c1ccccc1OC(F)(F)F. The van der Waals surface area contributed by atoms with Gasteiger partial charge in [0.25, 0.3) is 0 Å². The number of hydrogen-bond donors (Lipinski definition) is 0. The Kier molecular flexibility index (Phi) is 4.21. The van der Waals surface area contributed by atoms with Gasteiger partial charge in [-0.2, -0.15) is 0 Å². The zero-order valence-electron chi connectivity index (χ0n) is 9.34. The van der Waals surface area contributed by atoms with Gasteiger partial charge in [-0.1, -0.05) is 38.5 Å². The molecule has 0 aliphatic rings. The highest BCUT2D eigenvalue weighted by Crippen LogP contribution is 2.32. The van der Waals surface area contributed by atoms with E-state index in [2.05, 4.69) is 4.74 Å². The van der Waals surface area contributed by atoms with Crippen molar-refractivity contribution in [3.05, 3.63) is 29.8 Å². The van der Waals surface area contributed by atoms with Crippen molar-refractivity contribution in [3.63, 3.8) is 0 Å². The maximum absolute atomic E-state index is 12.1. The Morgan fingerprint density at radius 3 is 2.44 bits per heavy atom. The summed E-state index contributed by atoms with van der Waals surface area (Å²) >= 11 is 0. The first-order valence-electron chi connectivity index (χ1n) is 5.28. The van der Waals surface area contributed by atoms with E-state index in [0.717, 1.165) is 12.8 Å². The van der Waals surface area contributed by atoms with Crippen molar-refractivity contribution in [2.45, 2.75) is 39.0 Å². The number of para-hydroxylation sites is 1. The molecule has 0 heterocycles. The van der Waals surface area contributed by atoms with E-state index in [1.807, 2.05) is 13.8 Å². The average Bonchev–Trinajstić information content (AvgIpc) is 2.16. The molecule has 0 aliphatic carbocycles. The Labute approximate surface area is 93.2 Å². The van der Waals surface area contributed by atoms with Crippen LogP contribution >= 0.6 is 0 Å². The molecule has 90 valence electrons. The van der Waals surface area contributed by atoms with E-state index in [0.29, 0.717) is 5.56 Å². The maximum Gasteiger partial charge on any atom is 0.573 e. The summed E-state index contributed by atoms with van der Waals surface area (Å²) in [6.07, 6.45) is -2.85. The minimum Gasteiger partial charge on any atom is -0.405 e. The molecule has 0 N–H and O–H groups in total. The third-order valence-corrected chi connectivity index (χ3v) is 2.40. The highest BCUT2D eigenvalue weighted by atomic mass is 19.4. The van der Waals surface area contributed by atoms with Crippen LogP contribution in [0.5, 0.6) is 5.75 Å². The van der Waals surface area contributed by atoms with Crippen LogP contribution in [0, 0.1) is 0 Å². The number of rotatable bonds is 4. The van der Waals surface area contributed by atoms with Crippen molar-refractivity contribution < 1.29 is 17.9 Å². The number of benzene rings is 1. The molecule has 1 aromatic carbocycles. The van der Waals surface area contributed by atoms with Gasteiger partial charge in [0.05, 0.1) is 0 Å². The molecular formula is C12H15F3O. The zero-order chi connectivity index (χ0) is 12.2. The zero-order valence-corrected chi connectivity index (χ0v) is 9.34. The smallest absolute Gasteiger partial charge is 0.405 e. The molecule has 1 atom stereocenters. The molecule has 0 fully saturated rings. The summed E-state index contributed by atoms with van der Waals surface area (Å²) in [5.41, 5.74) is 0.613. The quantitative estimate of drug-likeness (QED) is 0.743. The first-order chi connectivity index (χ1) is 7.44. The van der Waals surface area contributed by atoms with Gasteiger partial charge in [-0.05, 0) is 24.0 Å². The Bertz CT molecular complexity index is 333. The number of halogens is 3. The summed E-state index contributed by atoms with van der Waals surface area (Å²) in [7, 11) is 0. The van der Waals surface area contributed by atoms with Gasteiger partial charge in [0.2, 0.25) is 0 Å². The highest BCUT2D eigenvalue weighted by molar-refractivity contribution is 5.36. The second kappa shape index (κ2) is 5.23.